The van der Waals surface area contributed by atoms with Gasteiger partial charge < -0.3 is 14.2 Å². The zero-order valence-corrected chi connectivity index (χ0v) is 34.3. The highest BCUT2D eigenvalue weighted by atomic mass is 16.6. The van der Waals surface area contributed by atoms with Gasteiger partial charge in [0.1, 0.15) is 13.2 Å². The monoisotopic (exact) mass is 731 g/mol. The topological polar surface area (TPSA) is 78.9 Å². The Balaban J connectivity index is 4.40. The fourth-order valence-electron chi connectivity index (χ4n) is 6.06. The van der Waals surface area contributed by atoms with Crippen molar-refractivity contribution in [2.45, 2.75) is 226 Å². The van der Waals surface area contributed by atoms with E-state index in [1.54, 1.807) is 0 Å². The van der Waals surface area contributed by atoms with Crippen molar-refractivity contribution in [1.82, 2.24) is 0 Å². The maximum atomic E-state index is 12.7. The maximum absolute atomic E-state index is 12.7. The van der Waals surface area contributed by atoms with Crippen LogP contribution in [0.15, 0.2) is 36.5 Å². The lowest BCUT2D eigenvalue weighted by Crippen LogP contribution is -2.30. The van der Waals surface area contributed by atoms with Gasteiger partial charge in [-0.3, -0.25) is 14.4 Å². The van der Waals surface area contributed by atoms with Crippen LogP contribution in [0.3, 0.4) is 0 Å². The number of unbranched alkanes of at least 4 members (excludes halogenated alkanes) is 22. The quantitative estimate of drug-likeness (QED) is 0.0271. The van der Waals surface area contributed by atoms with Crippen molar-refractivity contribution < 1.29 is 28.6 Å². The van der Waals surface area contributed by atoms with Crippen LogP contribution < -0.4 is 0 Å². The highest BCUT2D eigenvalue weighted by molar-refractivity contribution is 5.71. The van der Waals surface area contributed by atoms with Crippen molar-refractivity contribution in [2.75, 3.05) is 13.2 Å². The summed E-state index contributed by atoms with van der Waals surface area (Å²) in [5.74, 6) is -0.916. The summed E-state index contributed by atoms with van der Waals surface area (Å²) in [5, 5.41) is 0. The molecule has 1 atom stereocenters. The molecule has 302 valence electrons. The average Bonchev–Trinajstić information content (AvgIpc) is 3.14. The van der Waals surface area contributed by atoms with Gasteiger partial charge in [-0.1, -0.05) is 166 Å². The van der Waals surface area contributed by atoms with E-state index < -0.39 is 6.10 Å². The molecule has 0 rings (SSSR count). The Labute approximate surface area is 321 Å². The number of carbonyl (C=O) groups is 3. The van der Waals surface area contributed by atoms with Crippen molar-refractivity contribution >= 4 is 17.9 Å². The molecule has 6 heteroatoms. The lowest BCUT2D eigenvalue weighted by Gasteiger charge is -2.18. The molecule has 0 amide bonds. The van der Waals surface area contributed by atoms with E-state index in [0.29, 0.717) is 19.3 Å². The molecule has 0 bridgehead atoms. The first kappa shape index (κ1) is 49.6. The van der Waals surface area contributed by atoms with Crippen LogP contribution in [0.5, 0.6) is 0 Å². The fraction of sp³-hybridized carbons (Fsp3) is 0.804. The molecule has 0 N–H and O–H groups in total. The Morgan fingerprint density at radius 3 is 1.19 bits per heavy atom. The summed E-state index contributed by atoms with van der Waals surface area (Å²) in [6, 6.07) is 0. The minimum atomic E-state index is -0.778. The van der Waals surface area contributed by atoms with E-state index in [1.165, 1.54) is 77.0 Å². The molecule has 0 heterocycles. The first-order valence-electron chi connectivity index (χ1n) is 22.0. The molecule has 0 aliphatic rings. The third kappa shape index (κ3) is 38.9. The highest BCUT2D eigenvalue weighted by Crippen LogP contribution is 2.13. The van der Waals surface area contributed by atoms with Gasteiger partial charge in [0.2, 0.25) is 0 Å². The van der Waals surface area contributed by atoms with Gasteiger partial charge in [0.05, 0.1) is 0 Å². The van der Waals surface area contributed by atoms with E-state index >= 15 is 0 Å². The second kappa shape index (κ2) is 41.4. The largest absolute Gasteiger partial charge is 0.462 e. The molecule has 0 aromatic heterocycles. The van der Waals surface area contributed by atoms with E-state index in [2.05, 4.69) is 57.2 Å². The molecule has 0 saturated carbocycles. The second-order valence-corrected chi connectivity index (χ2v) is 14.6. The summed E-state index contributed by atoms with van der Waals surface area (Å²) in [7, 11) is 0. The van der Waals surface area contributed by atoms with Crippen molar-refractivity contribution in [3.8, 4) is 0 Å². The number of ether oxygens (including phenoxy) is 3. The van der Waals surface area contributed by atoms with E-state index in [9.17, 15) is 14.4 Å². The first-order valence-corrected chi connectivity index (χ1v) is 22.0. The molecule has 0 aromatic rings. The van der Waals surface area contributed by atoms with Gasteiger partial charge in [-0.25, -0.2) is 0 Å². The van der Waals surface area contributed by atoms with E-state index in [4.69, 9.17) is 14.2 Å². The molecule has 52 heavy (non-hydrogen) atoms. The number of hydrogen-bond acceptors (Lipinski definition) is 6. The summed E-state index contributed by atoms with van der Waals surface area (Å²) in [6.07, 6.45) is 45.6. The Bertz CT molecular complexity index is 891. The molecule has 0 radical (unpaired) electrons. The fourth-order valence-corrected chi connectivity index (χ4v) is 6.06. The third-order valence-electron chi connectivity index (χ3n) is 9.38. The maximum Gasteiger partial charge on any atom is 0.306 e. The van der Waals surface area contributed by atoms with Crippen LogP contribution >= 0.6 is 0 Å². The molecule has 0 aliphatic heterocycles. The van der Waals surface area contributed by atoms with Crippen molar-refractivity contribution in [2.24, 2.45) is 0 Å². The highest BCUT2D eigenvalue weighted by Gasteiger charge is 2.19. The van der Waals surface area contributed by atoms with Gasteiger partial charge in [-0.15, -0.1) is 0 Å². The normalized spacial score (nSPS) is 12.3. The van der Waals surface area contributed by atoms with Crippen LogP contribution in [0.1, 0.15) is 220 Å². The predicted molar refractivity (Wildman–Crippen MR) is 219 cm³/mol. The lowest BCUT2D eigenvalue weighted by molar-refractivity contribution is -0.167. The zero-order chi connectivity index (χ0) is 38.0. The van der Waals surface area contributed by atoms with Gasteiger partial charge in [0, 0.05) is 19.3 Å². The smallest absolute Gasteiger partial charge is 0.306 e. The lowest BCUT2D eigenvalue weighted by atomic mass is 10.1. The average molecular weight is 731 g/mol. The SMILES string of the molecule is CC/C=C\C/C=C\CCCCCCCC(=O)OC(COC(=O)CCCCC/C=C\CCCCCCCC)COC(=O)CCCCCCCCCCC. The first-order chi connectivity index (χ1) is 25.5. The molecule has 0 aromatic carbocycles. The van der Waals surface area contributed by atoms with Crippen LogP contribution in [0.25, 0.3) is 0 Å². The minimum Gasteiger partial charge on any atom is -0.462 e. The Hall–Kier alpha value is -2.37. The standard InChI is InChI=1S/C46H82O6/c1-4-7-10-13-16-19-21-23-25-27-30-33-36-39-45(48)51-42-43(41-50-44(47)38-35-32-29-26-18-15-12-9-6-3)52-46(49)40-37-34-31-28-24-22-20-17-14-11-8-5-2/h8,11,17,20,23,25,43H,4-7,9-10,12-16,18-19,21-22,24,26-42H2,1-3H3/b11-8-,20-17-,25-23-. The predicted octanol–water partition coefficient (Wildman–Crippen LogP) is 13.8. The molecule has 0 aliphatic carbocycles. The number of esters is 3. The summed E-state index contributed by atoms with van der Waals surface area (Å²) < 4.78 is 16.6. The van der Waals surface area contributed by atoms with E-state index in [-0.39, 0.29) is 31.1 Å². The van der Waals surface area contributed by atoms with Crippen LogP contribution in [-0.4, -0.2) is 37.2 Å². The molecular weight excluding hydrogens is 648 g/mol. The van der Waals surface area contributed by atoms with Gasteiger partial charge in [-0.05, 0) is 70.6 Å². The van der Waals surface area contributed by atoms with Gasteiger partial charge in [0.25, 0.3) is 0 Å². The molecule has 0 spiro atoms. The zero-order valence-electron chi connectivity index (χ0n) is 34.3. The number of rotatable bonds is 39. The molecule has 0 saturated heterocycles. The number of allylic oxidation sites excluding steroid dienone is 6. The van der Waals surface area contributed by atoms with Gasteiger partial charge >= 0.3 is 17.9 Å². The molecular formula is C46H82O6. The van der Waals surface area contributed by atoms with Crippen molar-refractivity contribution in [3.05, 3.63) is 36.5 Å². The third-order valence-corrected chi connectivity index (χ3v) is 9.38. The Kier molecular flexibility index (Phi) is 39.5. The summed E-state index contributed by atoms with van der Waals surface area (Å²) >= 11 is 0. The number of carbonyl (C=O) groups excluding carboxylic acids is 3. The summed E-state index contributed by atoms with van der Waals surface area (Å²) in [4.78, 5) is 37.6. The summed E-state index contributed by atoms with van der Waals surface area (Å²) in [6.45, 7) is 6.46. The summed E-state index contributed by atoms with van der Waals surface area (Å²) in [5.41, 5.74) is 0. The molecule has 0 fully saturated rings. The molecule has 6 nitrogen and oxygen atoms in total. The number of hydrogen-bond donors (Lipinski definition) is 0. The molecule has 1 unspecified atom stereocenters. The Morgan fingerprint density at radius 2 is 0.750 bits per heavy atom. The van der Waals surface area contributed by atoms with E-state index in [1.807, 2.05) is 0 Å². The van der Waals surface area contributed by atoms with Gasteiger partial charge in [0.15, 0.2) is 6.10 Å². The van der Waals surface area contributed by atoms with Crippen LogP contribution in [-0.2, 0) is 28.6 Å². The van der Waals surface area contributed by atoms with Crippen LogP contribution in [0.2, 0.25) is 0 Å². The van der Waals surface area contributed by atoms with Gasteiger partial charge in [-0.2, -0.15) is 0 Å². The van der Waals surface area contributed by atoms with Crippen LogP contribution in [0.4, 0.5) is 0 Å². The van der Waals surface area contributed by atoms with Crippen molar-refractivity contribution in [3.63, 3.8) is 0 Å². The van der Waals surface area contributed by atoms with E-state index in [0.717, 1.165) is 103 Å². The Morgan fingerprint density at radius 1 is 0.404 bits per heavy atom. The minimum absolute atomic E-state index is 0.0812. The second-order valence-electron chi connectivity index (χ2n) is 14.6. The van der Waals surface area contributed by atoms with Crippen LogP contribution in [0, 0.1) is 0 Å². The van der Waals surface area contributed by atoms with Crippen molar-refractivity contribution in [1.29, 1.82) is 0 Å².